The van der Waals surface area contributed by atoms with Crippen LogP contribution >= 0.6 is 0 Å². The number of carbonyl (C=O) groups is 2. The molecule has 36 heavy (non-hydrogen) atoms. The molecule has 7 rings (SSSR count). The number of hydrogen-bond donors (Lipinski definition) is 0. The molecule has 2 spiro atoms. The van der Waals surface area contributed by atoms with Gasteiger partial charge < -0.3 is 9.64 Å². The third-order valence-electron chi connectivity index (χ3n) is 9.76. The summed E-state index contributed by atoms with van der Waals surface area (Å²) in [5.74, 6) is 0.264. The fourth-order valence-corrected chi connectivity index (χ4v) is 8.40. The van der Waals surface area contributed by atoms with E-state index < -0.39 is 16.9 Å². The van der Waals surface area contributed by atoms with E-state index in [1.165, 1.54) is 31.2 Å². The molecular weight excluding hydrogens is 448 g/mol. The molecule has 5 heteroatoms. The van der Waals surface area contributed by atoms with Gasteiger partial charge in [-0.05, 0) is 49.8 Å². The Labute approximate surface area is 213 Å². The molecule has 0 N–H and O–H groups in total. The number of amides is 2. The van der Waals surface area contributed by atoms with E-state index in [1.807, 2.05) is 29.2 Å². The van der Waals surface area contributed by atoms with E-state index in [2.05, 4.69) is 29.2 Å². The number of fused-ring (bicyclic) bond motifs is 3. The predicted octanol–water partition coefficient (Wildman–Crippen LogP) is 6.40. The molecule has 2 amide bonds. The summed E-state index contributed by atoms with van der Waals surface area (Å²) in [4.78, 5) is 32.1. The first kappa shape index (κ1) is 22.5. The molecule has 2 bridgehead atoms. The monoisotopic (exact) mass is 484 g/mol. The molecule has 5 aliphatic rings. The molecule has 4 aliphatic heterocycles. The van der Waals surface area contributed by atoms with Crippen molar-refractivity contribution in [3.05, 3.63) is 65.2 Å². The zero-order valence-corrected chi connectivity index (χ0v) is 21.1. The Hall–Kier alpha value is -2.66. The SMILES string of the molecule is O=C1CCCCCCCCCCN2C(=O)c3ccccc3[C@]23O[C@]24CCCC[C@@]23c2ccccc2N14. The van der Waals surface area contributed by atoms with E-state index in [4.69, 9.17) is 4.74 Å². The Balaban J connectivity index is 1.45. The highest BCUT2D eigenvalue weighted by Gasteiger charge is 2.86. The summed E-state index contributed by atoms with van der Waals surface area (Å²) in [6, 6.07) is 16.5. The van der Waals surface area contributed by atoms with Gasteiger partial charge in [0.25, 0.3) is 5.91 Å². The van der Waals surface area contributed by atoms with Crippen molar-refractivity contribution in [2.75, 3.05) is 11.4 Å². The number of ether oxygens (including phenoxy) is 1. The highest BCUT2D eigenvalue weighted by molar-refractivity contribution is 6.03. The number of hydrogen-bond acceptors (Lipinski definition) is 3. The van der Waals surface area contributed by atoms with Gasteiger partial charge in [-0.25, -0.2) is 0 Å². The Morgan fingerprint density at radius 1 is 0.694 bits per heavy atom. The van der Waals surface area contributed by atoms with Crippen LogP contribution in [0.25, 0.3) is 0 Å². The summed E-state index contributed by atoms with van der Waals surface area (Å²) in [6.45, 7) is 0.696. The highest BCUT2D eigenvalue weighted by atomic mass is 16.6. The number of carbonyl (C=O) groups excluding carboxylic acids is 2. The summed E-state index contributed by atoms with van der Waals surface area (Å²) >= 11 is 0. The molecule has 188 valence electrons. The second-order valence-corrected chi connectivity index (χ2v) is 11.5. The van der Waals surface area contributed by atoms with Gasteiger partial charge >= 0.3 is 0 Å². The summed E-state index contributed by atoms with van der Waals surface area (Å²) in [7, 11) is 0. The van der Waals surface area contributed by atoms with Crippen molar-refractivity contribution in [2.24, 2.45) is 0 Å². The van der Waals surface area contributed by atoms with Crippen LogP contribution in [0.5, 0.6) is 0 Å². The van der Waals surface area contributed by atoms with Crippen LogP contribution in [0.15, 0.2) is 48.5 Å². The van der Waals surface area contributed by atoms with Gasteiger partial charge in [0.05, 0.1) is 11.1 Å². The van der Waals surface area contributed by atoms with Crippen molar-refractivity contribution in [2.45, 2.75) is 100 Å². The topological polar surface area (TPSA) is 49.9 Å². The summed E-state index contributed by atoms with van der Waals surface area (Å²) in [5, 5.41) is 0. The molecule has 0 unspecified atom stereocenters. The first-order valence-electron chi connectivity index (χ1n) is 14.2. The lowest BCUT2D eigenvalue weighted by Crippen LogP contribution is -2.84. The molecule has 2 aromatic rings. The first-order valence-corrected chi connectivity index (χ1v) is 14.2. The van der Waals surface area contributed by atoms with Gasteiger partial charge in [0, 0.05) is 24.1 Å². The van der Waals surface area contributed by atoms with Crippen LogP contribution in [0, 0.1) is 0 Å². The van der Waals surface area contributed by atoms with Crippen LogP contribution in [0.2, 0.25) is 0 Å². The van der Waals surface area contributed by atoms with E-state index >= 15 is 0 Å². The maximum absolute atomic E-state index is 14.0. The molecule has 1 aliphatic carbocycles. The van der Waals surface area contributed by atoms with Crippen LogP contribution < -0.4 is 4.90 Å². The average molecular weight is 485 g/mol. The molecule has 3 atom stereocenters. The maximum atomic E-state index is 14.0. The molecule has 2 aromatic carbocycles. The Kier molecular flexibility index (Phi) is 5.12. The second kappa shape index (κ2) is 8.17. The summed E-state index contributed by atoms with van der Waals surface area (Å²) in [6.07, 6.45) is 13.4. The smallest absolute Gasteiger partial charge is 0.256 e. The van der Waals surface area contributed by atoms with Crippen molar-refractivity contribution in [1.82, 2.24) is 4.90 Å². The van der Waals surface area contributed by atoms with Crippen molar-refractivity contribution in [1.29, 1.82) is 0 Å². The van der Waals surface area contributed by atoms with Gasteiger partial charge in [-0.1, -0.05) is 81.3 Å². The summed E-state index contributed by atoms with van der Waals surface area (Å²) < 4.78 is 7.28. The van der Waals surface area contributed by atoms with E-state index in [1.54, 1.807) is 0 Å². The van der Waals surface area contributed by atoms with Crippen LogP contribution in [-0.2, 0) is 20.7 Å². The lowest BCUT2D eigenvalue weighted by molar-refractivity contribution is -0.396. The van der Waals surface area contributed by atoms with Crippen molar-refractivity contribution in [3.63, 3.8) is 0 Å². The summed E-state index contributed by atoms with van der Waals surface area (Å²) in [5.41, 5.74) is 1.97. The van der Waals surface area contributed by atoms with Crippen molar-refractivity contribution in [3.8, 4) is 0 Å². The van der Waals surface area contributed by atoms with Crippen molar-refractivity contribution >= 4 is 17.5 Å². The lowest BCUT2D eigenvalue weighted by atomic mass is 9.53. The number of para-hydroxylation sites is 1. The van der Waals surface area contributed by atoms with Gasteiger partial charge in [-0.2, -0.15) is 0 Å². The van der Waals surface area contributed by atoms with Gasteiger partial charge in [-0.3, -0.25) is 14.5 Å². The molecule has 4 heterocycles. The van der Waals surface area contributed by atoms with Crippen LogP contribution in [0.3, 0.4) is 0 Å². The van der Waals surface area contributed by atoms with Crippen molar-refractivity contribution < 1.29 is 14.3 Å². The quantitative estimate of drug-likeness (QED) is 0.434. The zero-order chi connectivity index (χ0) is 24.4. The van der Waals surface area contributed by atoms with Crippen LogP contribution in [0.4, 0.5) is 5.69 Å². The van der Waals surface area contributed by atoms with Gasteiger partial charge in [0.2, 0.25) is 5.91 Å². The molecule has 2 saturated heterocycles. The number of nitrogens with zero attached hydrogens (tertiary/aromatic N) is 2. The van der Waals surface area contributed by atoms with E-state index in [-0.39, 0.29) is 11.8 Å². The minimum Gasteiger partial charge on any atom is -0.323 e. The van der Waals surface area contributed by atoms with Gasteiger partial charge in [0.1, 0.15) is 0 Å². The molecular formula is C31H36N2O3. The second-order valence-electron chi connectivity index (χ2n) is 11.5. The van der Waals surface area contributed by atoms with E-state index in [9.17, 15) is 9.59 Å². The highest BCUT2D eigenvalue weighted by Crippen LogP contribution is 2.77. The molecule has 0 aromatic heterocycles. The Morgan fingerprint density at radius 3 is 2.19 bits per heavy atom. The average Bonchev–Trinajstić information content (AvgIpc) is 3.27. The van der Waals surface area contributed by atoms with Crippen LogP contribution in [0.1, 0.15) is 105 Å². The number of rotatable bonds is 0. The van der Waals surface area contributed by atoms with Gasteiger partial charge in [0.15, 0.2) is 11.4 Å². The first-order chi connectivity index (χ1) is 17.7. The maximum Gasteiger partial charge on any atom is 0.256 e. The zero-order valence-electron chi connectivity index (χ0n) is 21.1. The lowest BCUT2D eigenvalue weighted by Gasteiger charge is -2.71. The number of benzene rings is 2. The minimum atomic E-state index is -0.844. The van der Waals surface area contributed by atoms with Gasteiger partial charge in [-0.15, -0.1) is 0 Å². The minimum absolute atomic E-state index is 0.0857. The standard InChI is InChI=1S/C31H36N2O3/c34-27-19-7-5-3-1-2-4-6-14-22-32-28(35)23-15-8-9-16-24(23)31(32)29-20-12-13-21-30(29,36-31)33(27)26-18-11-10-17-25(26)29/h8-11,15-18H,1-7,12-14,19-22H2/t29-,30-,31-/m1/s1. The number of anilines is 1. The van der Waals surface area contributed by atoms with E-state index in [0.717, 1.165) is 68.2 Å². The Morgan fingerprint density at radius 2 is 1.36 bits per heavy atom. The molecule has 1 saturated carbocycles. The largest absolute Gasteiger partial charge is 0.323 e. The third kappa shape index (κ3) is 2.60. The normalized spacial score (nSPS) is 33.9. The fourth-order valence-electron chi connectivity index (χ4n) is 8.40. The van der Waals surface area contributed by atoms with E-state index in [0.29, 0.717) is 13.0 Å². The fraction of sp³-hybridized carbons (Fsp3) is 0.548. The molecule has 5 nitrogen and oxygen atoms in total. The molecule has 0 radical (unpaired) electrons. The predicted molar refractivity (Wildman–Crippen MR) is 139 cm³/mol. The molecule has 3 fully saturated rings. The Bertz CT molecular complexity index is 1230. The van der Waals surface area contributed by atoms with Crippen LogP contribution in [-0.4, -0.2) is 29.0 Å². The third-order valence-corrected chi connectivity index (χ3v) is 9.76.